The van der Waals surface area contributed by atoms with Crippen molar-refractivity contribution in [1.82, 2.24) is 19.4 Å². The zero-order chi connectivity index (χ0) is 16.5. The number of likely N-dealkylation sites (tertiary alicyclic amines) is 1. The summed E-state index contributed by atoms with van der Waals surface area (Å²) in [4.78, 5) is 23.8. The Morgan fingerprint density at radius 2 is 2.33 bits per heavy atom. The third-order valence-electron chi connectivity index (χ3n) is 5.25. The molecule has 2 aromatic rings. The maximum absolute atomic E-state index is 12.5. The van der Waals surface area contributed by atoms with Crippen molar-refractivity contribution in [2.24, 2.45) is 11.8 Å². The summed E-state index contributed by atoms with van der Waals surface area (Å²) in [6, 6.07) is 3.95. The van der Waals surface area contributed by atoms with Crippen LogP contribution in [0.1, 0.15) is 25.6 Å². The van der Waals surface area contributed by atoms with Gasteiger partial charge in [0, 0.05) is 38.9 Å². The maximum Gasteiger partial charge on any atom is 0.228 e. The van der Waals surface area contributed by atoms with Crippen LogP contribution in [0.4, 0.5) is 0 Å². The fraction of sp³-hybridized carbons (Fsp3) is 0.611. The van der Waals surface area contributed by atoms with E-state index in [1.54, 1.807) is 0 Å². The molecule has 0 aromatic carbocycles. The van der Waals surface area contributed by atoms with Crippen LogP contribution < -0.4 is 0 Å². The molecule has 2 aliphatic heterocycles. The Kier molecular flexibility index (Phi) is 4.22. The zero-order valence-electron chi connectivity index (χ0n) is 14.1. The van der Waals surface area contributed by atoms with E-state index in [2.05, 4.69) is 16.5 Å². The quantitative estimate of drug-likeness (QED) is 0.860. The van der Waals surface area contributed by atoms with Gasteiger partial charge in [0.15, 0.2) is 5.65 Å². The summed E-state index contributed by atoms with van der Waals surface area (Å²) in [5.41, 5.74) is 1.92. The maximum atomic E-state index is 12.5. The summed E-state index contributed by atoms with van der Waals surface area (Å²) < 4.78 is 7.56. The van der Waals surface area contributed by atoms with Crippen molar-refractivity contribution in [3.8, 4) is 0 Å². The van der Waals surface area contributed by atoms with E-state index >= 15 is 0 Å². The largest absolute Gasteiger partial charge is 0.381 e. The molecule has 24 heavy (non-hydrogen) atoms. The van der Waals surface area contributed by atoms with E-state index in [0.29, 0.717) is 12.5 Å². The van der Waals surface area contributed by atoms with Crippen LogP contribution in [0.25, 0.3) is 11.2 Å². The van der Waals surface area contributed by atoms with E-state index in [1.165, 1.54) is 0 Å². The highest BCUT2D eigenvalue weighted by molar-refractivity contribution is 5.79. The van der Waals surface area contributed by atoms with Crippen LogP contribution in [-0.4, -0.2) is 51.6 Å². The van der Waals surface area contributed by atoms with Gasteiger partial charge in [-0.15, -0.1) is 0 Å². The number of ether oxygens (including phenoxy) is 1. The van der Waals surface area contributed by atoms with Gasteiger partial charge in [0.05, 0.1) is 12.5 Å². The van der Waals surface area contributed by atoms with Gasteiger partial charge in [-0.1, -0.05) is 0 Å². The van der Waals surface area contributed by atoms with E-state index in [0.717, 1.165) is 62.5 Å². The highest BCUT2D eigenvalue weighted by Gasteiger charge is 2.33. The fourth-order valence-corrected chi connectivity index (χ4v) is 3.94. The van der Waals surface area contributed by atoms with E-state index < -0.39 is 0 Å². The topological polar surface area (TPSA) is 60.2 Å². The Labute approximate surface area is 141 Å². The SMILES string of the molecule is CCn1c(C[C@H]2CCN(C(=O)[C@H]3CCOC3)C2)nc2cccnc21. The minimum atomic E-state index is 0.0770. The van der Waals surface area contributed by atoms with Gasteiger partial charge in [0.2, 0.25) is 5.91 Å². The summed E-state index contributed by atoms with van der Waals surface area (Å²) in [5, 5.41) is 0. The number of aryl methyl sites for hydroxylation is 1. The molecule has 2 atom stereocenters. The van der Waals surface area contributed by atoms with Crippen molar-refractivity contribution in [2.45, 2.75) is 32.7 Å². The number of hydrogen-bond acceptors (Lipinski definition) is 4. The van der Waals surface area contributed by atoms with Gasteiger partial charge >= 0.3 is 0 Å². The number of nitrogens with zero attached hydrogens (tertiary/aromatic N) is 4. The average molecular weight is 328 g/mol. The molecule has 4 rings (SSSR count). The Morgan fingerprint density at radius 3 is 3.12 bits per heavy atom. The number of carbonyl (C=O) groups excluding carboxylic acids is 1. The average Bonchev–Trinajstić information content (AvgIpc) is 3.34. The summed E-state index contributed by atoms with van der Waals surface area (Å²) >= 11 is 0. The molecule has 0 N–H and O–H groups in total. The van der Waals surface area contributed by atoms with Gasteiger partial charge in [-0.2, -0.15) is 0 Å². The Balaban J connectivity index is 1.46. The van der Waals surface area contributed by atoms with E-state index in [4.69, 9.17) is 9.72 Å². The van der Waals surface area contributed by atoms with Crippen LogP contribution >= 0.6 is 0 Å². The van der Waals surface area contributed by atoms with Gasteiger partial charge in [-0.05, 0) is 37.8 Å². The number of imidazole rings is 1. The monoisotopic (exact) mass is 328 g/mol. The van der Waals surface area contributed by atoms with E-state index in [1.807, 2.05) is 23.2 Å². The first-order valence-electron chi connectivity index (χ1n) is 8.93. The van der Waals surface area contributed by atoms with Crippen LogP contribution in [0.5, 0.6) is 0 Å². The number of aromatic nitrogens is 3. The number of fused-ring (bicyclic) bond motifs is 1. The summed E-state index contributed by atoms with van der Waals surface area (Å²) in [7, 11) is 0. The highest BCUT2D eigenvalue weighted by atomic mass is 16.5. The lowest BCUT2D eigenvalue weighted by atomic mass is 10.0. The lowest BCUT2D eigenvalue weighted by molar-refractivity contribution is -0.134. The molecular formula is C18H24N4O2. The van der Waals surface area contributed by atoms with Crippen molar-refractivity contribution in [1.29, 1.82) is 0 Å². The predicted octanol–water partition coefficient (Wildman–Crippen LogP) is 1.88. The smallest absolute Gasteiger partial charge is 0.228 e. The molecule has 2 saturated heterocycles. The molecule has 0 bridgehead atoms. The first-order chi connectivity index (χ1) is 11.8. The third kappa shape index (κ3) is 2.79. The number of hydrogen-bond donors (Lipinski definition) is 0. The molecule has 1 amide bonds. The van der Waals surface area contributed by atoms with Crippen molar-refractivity contribution >= 4 is 17.1 Å². The molecule has 0 spiro atoms. The molecule has 0 unspecified atom stereocenters. The lowest BCUT2D eigenvalue weighted by Gasteiger charge is -2.19. The Morgan fingerprint density at radius 1 is 1.42 bits per heavy atom. The Hall–Kier alpha value is -1.95. The summed E-state index contributed by atoms with van der Waals surface area (Å²) in [6.07, 6.45) is 4.66. The number of pyridine rings is 1. The third-order valence-corrected chi connectivity index (χ3v) is 5.25. The van der Waals surface area contributed by atoms with Gasteiger partial charge in [-0.3, -0.25) is 4.79 Å². The van der Waals surface area contributed by atoms with Crippen LogP contribution in [-0.2, 0) is 22.5 Å². The lowest BCUT2D eigenvalue weighted by Crippen LogP contribution is -2.34. The predicted molar refractivity (Wildman–Crippen MR) is 90.5 cm³/mol. The van der Waals surface area contributed by atoms with Crippen molar-refractivity contribution in [3.63, 3.8) is 0 Å². The van der Waals surface area contributed by atoms with Gasteiger partial charge < -0.3 is 14.2 Å². The number of rotatable bonds is 4. The number of carbonyl (C=O) groups is 1. The van der Waals surface area contributed by atoms with Crippen molar-refractivity contribution < 1.29 is 9.53 Å². The van der Waals surface area contributed by atoms with E-state index in [-0.39, 0.29) is 11.8 Å². The number of amides is 1. The molecular weight excluding hydrogens is 304 g/mol. The Bertz CT molecular complexity index is 736. The minimum absolute atomic E-state index is 0.0770. The standard InChI is InChI=1S/C18H24N4O2/c1-2-22-16(20-15-4-3-7-19-17(15)22)10-13-5-8-21(11-13)18(23)14-6-9-24-12-14/h3-4,7,13-14H,2,5-6,8-12H2,1H3/t13-,14+/m1/s1. The fourth-order valence-electron chi connectivity index (χ4n) is 3.94. The second kappa shape index (κ2) is 6.51. The second-order valence-corrected chi connectivity index (χ2v) is 6.82. The molecule has 2 fully saturated rings. The first-order valence-corrected chi connectivity index (χ1v) is 8.93. The molecule has 128 valence electrons. The summed E-state index contributed by atoms with van der Waals surface area (Å²) in [5.74, 6) is 1.93. The minimum Gasteiger partial charge on any atom is -0.381 e. The molecule has 6 heteroatoms. The van der Waals surface area contributed by atoms with Crippen LogP contribution in [0.15, 0.2) is 18.3 Å². The van der Waals surface area contributed by atoms with Crippen LogP contribution in [0.3, 0.4) is 0 Å². The molecule has 0 aliphatic carbocycles. The highest BCUT2D eigenvalue weighted by Crippen LogP contribution is 2.25. The molecule has 2 aliphatic rings. The molecule has 2 aromatic heterocycles. The molecule has 0 saturated carbocycles. The van der Waals surface area contributed by atoms with Crippen LogP contribution in [0.2, 0.25) is 0 Å². The van der Waals surface area contributed by atoms with Crippen molar-refractivity contribution in [3.05, 3.63) is 24.2 Å². The van der Waals surface area contributed by atoms with Gasteiger partial charge in [0.1, 0.15) is 11.3 Å². The molecule has 6 nitrogen and oxygen atoms in total. The summed E-state index contributed by atoms with van der Waals surface area (Å²) in [6.45, 7) is 6.03. The first kappa shape index (κ1) is 15.6. The zero-order valence-corrected chi connectivity index (χ0v) is 14.1. The second-order valence-electron chi connectivity index (χ2n) is 6.82. The normalized spacial score (nSPS) is 24.1. The van der Waals surface area contributed by atoms with E-state index in [9.17, 15) is 4.79 Å². The van der Waals surface area contributed by atoms with Crippen molar-refractivity contribution in [2.75, 3.05) is 26.3 Å². The molecule has 0 radical (unpaired) electrons. The van der Waals surface area contributed by atoms with Crippen LogP contribution in [0, 0.1) is 11.8 Å². The van der Waals surface area contributed by atoms with Gasteiger partial charge in [0.25, 0.3) is 0 Å². The van der Waals surface area contributed by atoms with Gasteiger partial charge in [-0.25, -0.2) is 9.97 Å². The molecule has 4 heterocycles.